The quantitative estimate of drug-likeness (QED) is 0.0594. The molecule has 6 nitrogen and oxygen atoms in total. The van der Waals surface area contributed by atoms with Crippen LogP contribution in [0.5, 0.6) is 0 Å². The van der Waals surface area contributed by atoms with Crippen molar-refractivity contribution in [3.8, 4) is 0 Å². The molecule has 1 aliphatic heterocycles. The van der Waals surface area contributed by atoms with Gasteiger partial charge in [-0.05, 0) is 12.8 Å². The number of rotatable bonds is 34. The zero-order chi connectivity index (χ0) is 34.2. The Labute approximate surface area is 292 Å². The summed E-state index contributed by atoms with van der Waals surface area (Å²) in [5.74, 6) is -0.00621. The summed E-state index contributed by atoms with van der Waals surface area (Å²) < 4.78 is 5.71. The molecule has 1 amide bonds. The summed E-state index contributed by atoms with van der Waals surface area (Å²) in [6.45, 7) is 5.01. The molecule has 1 saturated heterocycles. The van der Waals surface area contributed by atoms with Gasteiger partial charge >= 0.3 is 0 Å². The summed E-state index contributed by atoms with van der Waals surface area (Å²) >= 11 is 0. The molecule has 1 heterocycles. The highest BCUT2D eigenvalue weighted by Gasteiger charge is 2.41. The monoisotopic (exact) mass is 668 g/mol. The molecule has 0 aromatic carbocycles. The van der Waals surface area contributed by atoms with E-state index >= 15 is 0 Å². The summed E-state index contributed by atoms with van der Waals surface area (Å²) in [6, 6.07) is 0. The van der Waals surface area contributed by atoms with Crippen LogP contribution >= 0.6 is 0 Å². The number of ether oxygens (including phenoxy) is 1. The van der Waals surface area contributed by atoms with Crippen LogP contribution in [0.2, 0.25) is 0 Å². The average Bonchev–Trinajstić information content (AvgIpc) is 3.07. The SMILES string of the molecule is CCCCCCCCCCCCCCCCCCN(C(=O)CCCCCCCCCCCCCCCCC)[C@@H]1OC[C@H](O)[C@H](O)[C@H]1O. The lowest BCUT2D eigenvalue weighted by molar-refractivity contribution is -0.228. The van der Waals surface area contributed by atoms with Crippen molar-refractivity contribution in [3.63, 3.8) is 0 Å². The van der Waals surface area contributed by atoms with Crippen LogP contribution in [0.15, 0.2) is 0 Å². The van der Waals surface area contributed by atoms with Gasteiger partial charge in [0.1, 0.15) is 18.3 Å². The van der Waals surface area contributed by atoms with Crippen LogP contribution in [-0.4, -0.2) is 63.8 Å². The average molecular weight is 668 g/mol. The highest BCUT2D eigenvalue weighted by molar-refractivity contribution is 5.76. The van der Waals surface area contributed by atoms with Gasteiger partial charge in [0.05, 0.1) is 6.61 Å². The Kier molecular flexibility index (Phi) is 30.7. The van der Waals surface area contributed by atoms with Crippen LogP contribution in [0, 0.1) is 0 Å². The van der Waals surface area contributed by atoms with E-state index in [4.69, 9.17) is 4.74 Å². The van der Waals surface area contributed by atoms with Gasteiger partial charge in [-0.3, -0.25) is 4.79 Å². The van der Waals surface area contributed by atoms with E-state index in [1.807, 2.05) is 0 Å². The van der Waals surface area contributed by atoms with Crippen molar-refractivity contribution < 1.29 is 24.9 Å². The van der Waals surface area contributed by atoms with Crippen molar-refractivity contribution in [2.75, 3.05) is 13.2 Å². The second kappa shape index (κ2) is 32.5. The maximum absolute atomic E-state index is 13.3. The van der Waals surface area contributed by atoms with Crippen molar-refractivity contribution >= 4 is 5.91 Å². The molecule has 0 unspecified atom stereocenters. The molecule has 6 heteroatoms. The maximum atomic E-state index is 13.3. The third kappa shape index (κ3) is 24.2. The summed E-state index contributed by atoms with van der Waals surface area (Å²) in [7, 11) is 0. The van der Waals surface area contributed by atoms with Crippen LogP contribution in [0.4, 0.5) is 0 Å². The number of carbonyl (C=O) groups excluding carboxylic acids is 1. The minimum Gasteiger partial charge on any atom is -0.388 e. The van der Waals surface area contributed by atoms with Crippen LogP contribution in [0.3, 0.4) is 0 Å². The van der Waals surface area contributed by atoms with Gasteiger partial charge < -0.3 is 25.0 Å². The number of amides is 1. The first-order chi connectivity index (χ1) is 23.0. The largest absolute Gasteiger partial charge is 0.388 e. The first kappa shape index (κ1) is 44.3. The molecule has 0 aromatic heterocycles. The molecule has 0 spiro atoms. The molecular weight excluding hydrogens is 586 g/mol. The number of hydrogen-bond donors (Lipinski definition) is 3. The van der Waals surface area contributed by atoms with Crippen LogP contribution in [0.25, 0.3) is 0 Å². The summed E-state index contributed by atoms with van der Waals surface area (Å²) in [4.78, 5) is 14.9. The highest BCUT2D eigenvalue weighted by Crippen LogP contribution is 2.22. The molecule has 0 aliphatic carbocycles. The lowest BCUT2D eigenvalue weighted by Crippen LogP contribution is -2.60. The number of aliphatic hydroxyl groups excluding tert-OH is 3. The Morgan fingerprint density at radius 2 is 0.809 bits per heavy atom. The molecule has 4 atom stereocenters. The minimum atomic E-state index is -1.29. The fourth-order valence-electron chi connectivity index (χ4n) is 7.08. The second-order valence-corrected chi connectivity index (χ2v) is 14.9. The van der Waals surface area contributed by atoms with E-state index in [1.165, 1.54) is 161 Å². The molecule has 0 bridgehead atoms. The number of nitrogens with zero attached hydrogens (tertiary/aromatic N) is 1. The van der Waals surface area contributed by atoms with Crippen LogP contribution in [-0.2, 0) is 9.53 Å². The van der Waals surface area contributed by atoms with E-state index in [9.17, 15) is 20.1 Å². The van der Waals surface area contributed by atoms with Gasteiger partial charge in [0.25, 0.3) is 0 Å². The van der Waals surface area contributed by atoms with Crippen molar-refractivity contribution in [2.24, 2.45) is 0 Å². The molecule has 0 aromatic rings. The summed E-state index contributed by atoms with van der Waals surface area (Å²) in [6.07, 6.45) is 36.0. The zero-order valence-corrected chi connectivity index (χ0v) is 31.5. The van der Waals surface area contributed by atoms with Crippen molar-refractivity contribution in [1.82, 2.24) is 4.90 Å². The third-order valence-corrected chi connectivity index (χ3v) is 10.3. The van der Waals surface area contributed by atoms with Gasteiger partial charge in [-0.2, -0.15) is 0 Å². The van der Waals surface area contributed by atoms with E-state index in [0.29, 0.717) is 13.0 Å². The predicted octanol–water partition coefficient (Wildman–Crippen LogP) is 10.8. The fraction of sp³-hybridized carbons (Fsp3) is 0.976. The predicted molar refractivity (Wildman–Crippen MR) is 199 cm³/mol. The Morgan fingerprint density at radius 1 is 0.489 bits per heavy atom. The molecule has 3 N–H and O–H groups in total. The van der Waals surface area contributed by atoms with Crippen molar-refractivity contribution in [1.29, 1.82) is 0 Å². The topological polar surface area (TPSA) is 90.2 Å². The lowest BCUT2D eigenvalue weighted by Gasteiger charge is -2.41. The highest BCUT2D eigenvalue weighted by atomic mass is 16.5. The van der Waals surface area contributed by atoms with Gasteiger partial charge in [0, 0.05) is 13.0 Å². The first-order valence-corrected chi connectivity index (χ1v) is 21.0. The Morgan fingerprint density at radius 3 is 1.17 bits per heavy atom. The van der Waals surface area contributed by atoms with E-state index in [1.54, 1.807) is 4.90 Å². The second-order valence-electron chi connectivity index (χ2n) is 14.9. The van der Waals surface area contributed by atoms with E-state index in [-0.39, 0.29) is 12.5 Å². The Hall–Kier alpha value is -0.690. The third-order valence-electron chi connectivity index (χ3n) is 10.3. The molecule has 0 saturated carbocycles. The van der Waals surface area contributed by atoms with Crippen LogP contribution in [0.1, 0.15) is 219 Å². The first-order valence-electron chi connectivity index (χ1n) is 21.0. The maximum Gasteiger partial charge on any atom is 0.224 e. The molecular formula is C41H81NO5. The fourth-order valence-corrected chi connectivity index (χ4v) is 7.08. The van der Waals surface area contributed by atoms with Crippen LogP contribution < -0.4 is 0 Å². The number of hydrogen-bond acceptors (Lipinski definition) is 5. The van der Waals surface area contributed by atoms with E-state index < -0.39 is 24.5 Å². The lowest BCUT2D eigenvalue weighted by atomic mass is 10.0. The smallest absolute Gasteiger partial charge is 0.224 e. The van der Waals surface area contributed by atoms with Gasteiger partial charge in [0.2, 0.25) is 5.91 Å². The van der Waals surface area contributed by atoms with Crippen molar-refractivity contribution in [2.45, 2.75) is 244 Å². The molecule has 0 radical (unpaired) electrons. The number of carbonyl (C=O) groups is 1. The molecule has 1 fully saturated rings. The molecule has 1 aliphatic rings. The molecule has 47 heavy (non-hydrogen) atoms. The van der Waals surface area contributed by atoms with Gasteiger partial charge in [-0.25, -0.2) is 0 Å². The van der Waals surface area contributed by atoms with E-state index in [2.05, 4.69) is 13.8 Å². The zero-order valence-electron chi connectivity index (χ0n) is 31.5. The Bertz CT molecular complexity index is 676. The van der Waals surface area contributed by atoms with Crippen molar-refractivity contribution in [3.05, 3.63) is 0 Å². The number of aliphatic hydroxyl groups is 3. The molecule has 280 valence electrons. The number of unbranched alkanes of at least 4 members (excludes halogenated alkanes) is 29. The summed E-state index contributed by atoms with van der Waals surface area (Å²) in [5.41, 5.74) is 0. The van der Waals surface area contributed by atoms with Gasteiger partial charge in [-0.15, -0.1) is 0 Å². The van der Waals surface area contributed by atoms with E-state index in [0.717, 1.165) is 38.5 Å². The summed E-state index contributed by atoms with van der Waals surface area (Å²) in [5, 5.41) is 30.8. The molecule has 1 rings (SSSR count). The normalized spacial score (nSPS) is 19.8. The van der Waals surface area contributed by atoms with Gasteiger partial charge in [0.15, 0.2) is 6.23 Å². The van der Waals surface area contributed by atoms with Gasteiger partial charge in [-0.1, -0.05) is 200 Å². The Balaban J connectivity index is 2.17. The minimum absolute atomic E-state index is 0.00621. The standard InChI is InChI=1S/C41H81NO5/c1-3-5-7-9-11-13-15-17-19-21-23-25-27-29-31-33-35-42(41-40(46)39(45)37(43)36-47-41)38(44)34-32-30-28-26-24-22-20-18-16-14-12-10-8-6-4-2/h37,39-41,43,45-46H,3-36H2,1-2H3/t37-,39-,40+,41+/m0/s1.